The van der Waals surface area contributed by atoms with E-state index in [1.807, 2.05) is 48.5 Å². The lowest BCUT2D eigenvalue weighted by Crippen LogP contribution is -2.30. The first-order valence-electron chi connectivity index (χ1n) is 8.83. The van der Waals surface area contributed by atoms with E-state index in [0.29, 0.717) is 23.5 Å². The summed E-state index contributed by atoms with van der Waals surface area (Å²) in [6.45, 7) is 0. The summed E-state index contributed by atoms with van der Waals surface area (Å²) in [6.07, 6.45) is 0.712. The van der Waals surface area contributed by atoms with Crippen LogP contribution in [0.15, 0.2) is 78.9 Å². The maximum atomic E-state index is 12.9. The van der Waals surface area contributed by atoms with Crippen LogP contribution in [0.5, 0.6) is 11.5 Å². The van der Waals surface area contributed by atoms with Crippen LogP contribution in [0.3, 0.4) is 0 Å². The quantitative estimate of drug-likeness (QED) is 0.678. The Morgan fingerprint density at radius 3 is 2.11 bits per heavy atom. The predicted molar refractivity (Wildman–Crippen MR) is 106 cm³/mol. The molecule has 0 spiro atoms. The summed E-state index contributed by atoms with van der Waals surface area (Å²) >= 11 is 0. The van der Waals surface area contributed by atoms with Crippen molar-refractivity contribution in [2.45, 2.75) is 12.5 Å². The van der Waals surface area contributed by atoms with E-state index in [0.717, 1.165) is 5.56 Å². The zero-order valence-electron chi connectivity index (χ0n) is 15.5. The summed E-state index contributed by atoms with van der Waals surface area (Å²) in [6, 6.07) is 25.2. The van der Waals surface area contributed by atoms with Crippen molar-refractivity contribution in [3.8, 4) is 11.5 Å². The highest BCUT2D eigenvalue weighted by Gasteiger charge is 2.17. The number of methoxy groups -OCH3 is 2. The van der Waals surface area contributed by atoms with Crippen LogP contribution < -0.4 is 14.8 Å². The van der Waals surface area contributed by atoms with Gasteiger partial charge in [0, 0.05) is 5.56 Å². The Morgan fingerprint density at radius 1 is 0.852 bits per heavy atom. The molecule has 1 N–H and O–H groups in total. The number of ether oxygens (including phenoxy) is 2. The second-order valence-corrected chi connectivity index (χ2v) is 6.20. The largest absolute Gasteiger partial charge is 0.493 e. The van der Waals surface area contributed by atoms with Gasteiger partial charge in [0.15, 0.2) is 11.5 Å². The molecular weight excluding hydrogens is 338 g/mol. The lowest BCUT2D eigenvalue weighted by molar-refractivity contribution is 0.0936. The molecule has 0 fully saturated rings. The smallest absolute Gasteiger partial charge is 0.251 e. The molecule has 4 nitrogen and oxygen atoms in total. The predicted octanol–water partition coefficient (Wildman–Crippen LogP) is 4.42. The number of amides is 1. The lowest BCUT2D eigenvalue weighted by Gasteiger charge is -2.20. The third kappa shape index (κ3) is 4.67. The van der Waals surface area contributed by atoms with Gasteiger partial charge in [0.1, 0.15) is 0 Å². The van der Waals surface area contributed by atoms with Gasteiger partial charge in [0.2, 0.25) is 0 Å². The highest BCUT2D eigenvalue weighted by atomic mass is 16.5. The number of carbonyl (C=O) groups is 1. The molecule has 0 heterocycles. The van der Waals surface area contributed by atoms with Gasteiger partial charge in [-0.2, -0.15) is 0 Å². The molecule has 0 bridgehead atoms. The molecule has 3 aromatic rings. The van der Waals surface area contributed by atoms with Crippen LogP contribution in [-0.2, 0) is 6.42 Å². The van der Waals surface area contributed by atoms with Gasteiger partial charge in [-0.25, -0.2) is 0 Å². The highest BCUT2D eigenvalue weighted by molar-refractivity contribution is 5.95. The van der Waals surface area contributed by atoms with Crippen LogP contribution >= 0.6 is 0 Å². The second kappa shape index (κ2) is 8.90. The molecule has 0 radical (unpaired) electrons. The molecule has 27 heavy (non-hydrogen) atoms. The zero-order valence-corrected chi connectivity index (χ0v) is 15.5. The SMILES string of the molecule is COc1ccc(C(=O)NC(Cc2ccccc2)c2ccccc2)cc1OC. The topological polar surface area (TPSA) is 47.6 Å². The maximum Gasteiger partial charge on any atom is 0.251 e. The fourth-order valence-electron chi connectivity index (χ4n) is 3.01. The van der Waals surface area contributed by atoms with E-state index in [-0.39, 0.29) is 11.9 Å². The Kier molecular flexibility index (Phi) is 6.10. The number of benzene rings is 3. The first-order valence-corrected chi connectivity index (χ1v) is 8.83. The second-order valence-electron chi connectivity index (χ2n) is 6.20. The van der Waals surface area contributed by atoms with Crippen molar-refractivity contribution in [2.75, 3.05) is 14.2 Å². The molecule has 0 saturated heterocycles. The van der Waals surface area contributed by atoms with E-state index in [1.54, 1.807) is 32.4 Å². The molecule has 0 saturated carbocycles. The monoisotopic (exact) mass is 361 g/mol. The maximum absolute atomic E-state index is 12.9. The van der Waals surface area contributed by atoms with Crippen LogP contribution in [0.25, 0.3) is 0 Å². The molecule has 0 aliphatic rings. The minimum Gasteiger partial charge on any atom is -0.493 e. The van der Waals surface area contributed by atoms with Gasteiger partial charge in [0.25, 0.3) is 5.91 Å². The van der Waals surface area contributed by atoms with E-state index in [9.17, 15) is 4.79 Å². The van der Waals surface area contributed by atoms with Crippen LogP contribution in [0.1, 0.15) is 27.5 Å². The normalized spacial score (nSPS) is 11.5. The molecule has 1 atom stereocenters. The molecule has 3 rings (SSSR count). The Hall–Kier alpha value is -3.27. The van der Waals surface area contributed by atoms with Crippen LogP contribution in [0.4, 0.5) is 0 Å². The van der Waals surface area contributed by atoms with Crippen LogP contribution in [0.2, 0.25) is 0 Å². The van der Waals surface area contributed by atoms with Crippen molar-refractivity contribution in [1.29, 1.82) is 0 Å². The van der Waals surface area contributed by atoms with Crippen molar-refractivity contribution in [2.24, 2.45) is 0 Å². The van der Waals surface area contributed by atoms with Crippen LogP contribution in [0, 0.1) is 0 Å². The van der Waals surface area contributed by atoms with Crippen LogP contribution in [-0.4, -0.2) is 20.1 Å². The third-order valence-corrected chi connectivity index (χ3v) is 4.44. The number of hydrogen-bond donors (Lipinski definition) is 1. The molecule has 0 aromatic heterocycles. The number of rotatable bonds is 7. The molecular formula is C23H23NO3. The Bertz CT molecular complexity index is 879. The van der Waals surface area contributed by atoms with E-state index in [2.05, 4.69) is 17.4 Å². The zero-order chi connectivity index (χ0) is 19.1. The van der Waals surface area contributed by atoms with E-state index < -0.39 is 0 Å². The minimum atomic E-state index is -0.152. The summed E-state index contributed by atoms with van der Waals surface area (Å²) in [5, 5.41) is 3.15. The van der Waals surface area contributed by atoms with Gasteiger partial charge < -0.3 is 14.8 Å². The third-order valence-electron chi connectivity index (χ3n) is 4.44. The highest BCUT2D eigenvalue weighted by Crippen LogP contribution is 2.28. The molecule has 4 heteroatoms. The Morgan fingerprint density at radius 2 is 1.48 bits per heavy atom. The average Bonchev–Trinajstić information content (AvgIpc) is 2.74. The molecule has 1 amide bonds. The van der Waals surface area contributed by atoms with Crippen molar-refractivity contribution in [3.05, 3.63) is 95.6 Å². The molecule has 138 valence electrons. The van der Waals surface area contributed by atoms with E-state index >= 15 is 0 Å². The standard InChI is InChI=1S/C23H23NO3/c1-26-21-14-13-19(16-22(21)27-2)23(25)24-20(18-11-7-4-8-12-18)15-17-9-5-3-6-10-17/h3-14,16,20H,15H2,1-2H3,(H,24,25). The molecule has 1 unspecified atom stereocenters. The van der Waals surface area contributed by atoms with Gasteiger partial charge >= 0.3 is 0 Å². The van der Waals surface area contributed by atoms with Gasteiger partial charge in [-0.05, 0) is 35.7 Å². The van der Waals surface area contributed by atoms with Crippen molar-refractivity contribution >= 4 is 5.91 Å². The molecule has 0 aliphatic carbocycles. The van der Waals surface area contributed by atoms with E-state index in [1.165, 1.54) is 5.56 Å². The van der Waals surface area contributed by atoms with Gasteiger partial charge in [-0.15, -0.1) is 0 Å². The summed E-state index contributed by atoms with van der Waals surface area (Å²) in [7, 11) is 3.13. The average molecular weight is 361 g/mol. The fourth-order valence-corrected chi connectivity index (χ4v) is 3.01. The number of nitrogens with one attached hydrogen (secondary N) is 1. The Balaban J connectivity index is 1.84. The van der Waals surface area contributed by atoms with Crippen molar-refractivity contribution in [1.82, 2.24) is 5.32 Å². The first kappa shape index (κ1) is 18.5. The minimum absolute atomic E-state index is 0.130. The van der Waals surface area contributed by atoms with E-state index in [4.69, 9.17) is 9.47 Å². The fraction of sp³-hybridized carbons (Fsp3) is 0.174. The van der Waals surface area contributed by atoms with Crippen molar-refractivity contribution in [3.63, 3.8) is 0 Å². The lowest BCUT2D eigenvalue weighted by atomic mass is 9.98. The first-order chi connectivity index (χ1) is 13.2. The summed E-state index contributed by atoms with van der Waals surface area (Å²) in [5.41, 5.74) is 2.76. The summed E-state index contributed by atoms with van der Waals surface area (Å²) in [5.74, 6) is 0.975. The molecule has 0 aliphatic heterocycles. The molecule has 3 aromatic carbocycles. The van der Waals surface area contributed by atoms with Gasteiger partial charge in [-0.3, -0.25) is 4.79 Å². The summed E-state index contributed by atoms with van der Waals surface area (Å²) < 4.78 is 10.6. The Labute approximate surface area is 159 Å². The van der Waals surface area contributed by atoms with Gasteiger partial charge in [-0.1, -0.05) is 60.7 Å². The van der Waals surface area contributed by atoms with Gasteiger partial charge in [0.05, 0.1) is 20.3 Å². The number of hydrogen-bond acceptors (Lipinski definition) is 3. The van der Waals surface area contributed by atoms with Crippen molar-refractivity contribution < 1.29 is 14.3 Å². The summed E-state index contributed by atoms with van der Waals surface area (Å²) in [4.78, 5) is 12.9. The number of carbonyl (C=O) groups excluding carboxylic acids is 1.